The Hall–Kier alpha value is -4.03. The molecule has 1 atom stereocenters. The number of nitrogens with zero attached hydrogens (tertiary/aromatic N) is 5. The number of hydrogen-bond donors (Lipinski definition) is 4. The molecule has 4 aromatic rings. The number of oxazole rings is 2. The highest BCUT2D eigenvalue weighted by molar-refractivity contribution is 6.05. The van der Waals surface area contributed by atoms with E-state index < -0.39 is 12.0 Å². The van der Waals surface area contributed by atoms with Crippen molar-refractivity contribution in [2.24, 2.45) is 0 Å². The van der Waals surface area contributed by atoms with Crippen molar-refractivity contribution in [1.29, 1.82) is 0 Å². The molecule has 4 N–H and O–H groups in total. The number of anilines is 3. The third kappa shape index (κ3) is 4.40. The maximum absolute atomic E-state index is 13.0. The first-order chi connectivity index (χ1) is 16.5. The molecular weight excluding hydrogens is 442 g/mol. The van der Waals surface area contributed by atoms with Gasteiger partial charge in [-0.25, -0.2) is 9.97 Å². The second kappa shape index (κ2) is 9.08. The van der Waals surface area contributed by atoms with Crippen LogP contribution < -0.4 is 15.5 Å². The third-order valence-corrected chi connectivity index (χ3v) is 5.34. The SMILES string of the molecule is Cc1cc(-c2nc(C(=O)Nc3cc4oc(NCCO)nc4nc3N3CC[C@@H](O)C3)co2)ccn1. The summed E-state index contributed by atoms with van der Waals surface area (Å²) in [6.45, 7) is 3.00. The molecule has 0 radical (unpaired) electrons. The average molecular weight is 465 g/mol. The van der Waals surface area contributed by atoms with Crippen LogP contribution in [0.4, 0.5) is 17.5 Å². The number of rotatable bonds is 7. The standard InChI is InChI=1S/C22H23N7O5/c1-12-8-13(2-4-23-12)21-26-16(11-33-21)20(32)25-15-9-17-18(28-22(34-17)24-5-7-30)27-19(15)29-6-3-14(31)10-29/h2,4,8-9,11,14,30-31H,3,5-7,10H2,1H3,(H,25,32)(H,24,27,28)/t14-/m1/s1. The molecule has 0 unspecified atom stereocenters. The molecule has 1 saturated heterocycles. The second-order valence-corrected chi connectivity index (χ2v) is 7.92. The number of aliphatic hydroxyl groups excluding tert-OH is 2. The van der Waals surface area contributed by atoms with E-state index in [0.717, 1.165) is 5.69 Å². The first kappa shape index (κ1) is 21.8. The van der Waals surface area contributed by atoms with Gasteiger partial charge in [-0.05, 0) is 25.5 Å². The lowest BCUT2D eigenvalue weighted by molar-refractivity contribution is 0.102. The molecule has 4 aromatic heterocycles. The molecule has 12 nitrogen and oxygen atoms in total. The molecule has 5 heterocycles. The molecule has 0 aromatic carbocycles. The van der Waals surface area contributed by atoms with Gasteiger partial charge in [0.1, 0.15) is 6.26 Å². The summed E-state index contributed by atoms with van der Waals surface area (Å²) in [5, 5.41) is 24.7. The molecule has 5 rings (SSSR count). The Kier molecular flexibility index (Phi) is 5.82. The topological polar surface area (TPSA) is 163 Å². The van der Waals surface area contributed by atoms with Crippen LogP contribution in [0.2, 0.25) is 0 Å². The van der Waals surface area contributed by atoms with Gasteiger partial charge in [0.15, 0.2) is 17.1 Å². The smallest absolute Gasteiger partial charge is 0.297 e. The highest BCUT2D eigenvalue weighted by Crippen LogP contribution is 2.32. The van der Waals surface area contributed by atoms with Gasteiger partial charge in [-0.1, -0.05) is 0 Å². The number of nitrogens with one attached hydrogen (secondary N) is 2. The Morgan fingerprint density at radius 1 is 1.29 bits per heavy atom. The van der Waals surface area contributed by atoms with Crippen molar-refractivity contribution < 1.29 is 23.8 Å². The molecule has 1 amide bonds. The summed E-state index contributed by atoms with van der Waals surface area (Å²) < 4.78 is 11.2. The summed E-state index contributed by atoms with van der Waals surface area (Å²) in [6.07, 6.45) is 3.04. The number of hydrogen-bond acceptors (Lipinski definition) is 11. The third-order valence-electron chi connectivity index (χ3n) is 5.34. The molecule has 176 valence electrons. The lowest BCUT2D eigenvalue weighted by Crippen LogP contribution is -2.24. The first-order valence-electron chi connectivity index (χ1n) is 10.8. The highest BCUT2D eigenvalue weighted by Gasteiger charge is 2.26. The zero-order valence-electron chi connectivity index (χ0n) is 18.4. The van der Waals surface area contributed by atoms with Crippen LogP contribution in [0, 0.1) is 6.92 Å². The number of pyridine rings is 2. The zero-order valence-corrected chi connectivity index (χ0v) is 18.4. The van der Waals surface area contributed by atoms with Crippen LogP contribution in [0.25, 0.3) is 22.7 Å². The predicted octanol–water partition coefficient (Wildman–Crippen LogP) is 1.81. The van der Waals surface area contributed by atoms with E-state index in [9.17, 15) is 9.90 Å². The molecule has 0 spiro atoms. The number of carbonyl (C=O) groups excluding carboxylic acids is 1. The highest BCUT2D eigenvalue weighted by atomic mass is 16.4. The van der Waals surface area contributed by atoms with Crippen LogP contribution in [0.15, 0.2) is 39.5 Å². The Morgan fingerprint density at radius 2 is 2.18 bits per heavy atom. The van der Waals surface area contributed by atoms with Gasteiger partial charge in [-0.15, -0.1) is 0 Å². The molecular formula is C22H23N7O5. The Morgan fingerprint density at radius 3 is 2.94 bits per heavy atom. The summed E-state index contributed by atoms with van der Waals surface area (Å²) in [5.41, 5.74) is 2.70. The largest absolute Gasteiger partial charge is 0.444 e. The summed E-state index contributed by atoms with van der Waals surface area (Å²) in [5.74, 6) is 0.288. The first-order valence-corrected chi connectivity index (χ1v) is 10.8. The van der Waals surface area contributed by atoms with Gasteiger partial charge in [0.05, 0.1) is 18.4 Å². The van der Waals surface area contributed by atoms with Crippen molar-refractivity contribution in [3.63, 3.8) is 0 Å². The van der Waals surface area contributed by atoms with Crippen LogP contribution in [-0.4, -0.2) is 68.4 Å². The molecule has 1 aliphatic heterocycles. The molecule has 1 fully saturated rings. The molecule has 34 heavy (non-hydrogen) atoms. The molecule has 1 aliphatic rings. The van der Waals surface area contributed by atoms with E-state index in [4.69, 9.17) is 13.9 Å². The van der Waals surface area contributed by atoms with Crippen LogP contribution in [-0.2, 0) is 0 Å². The minimum Gasteiger partial charge on any atom is -0.444 e. The van der Waals surface area contributed by atoms with E-state index in [1.807, 2.05) is 17.9 Å². The Labute approximate surface area is 193 Å². The fourth-order valence-electron chi connectivity index (χ4n) is 3.74. The lowest BCUT2D eigenvalue weighted by Gasteiger charge is -2.19. The van der Waals surface area contributed by atoms with Crippen LogP contribution in [0.5, 0.6) is 0 Å². The minimum absolute atomic E-state index is 0.0802. The number of carbonyl (C=O) groups is 1. The van der Waals surface area contributed by atoms with Gasteiger partial charge in [0.25, 0.3) is 11.9 Å². The molecule has 0 aliphatic carbocycles. The van der Waals surface area contributed by atoms with Crippen molar-refractivity contribution in [1.82, 2.24) is 19.9 Å². The Bertz CT molecular complexity index is 1330. The van der Waals surface area contributed by atoms with Gasteiger partial charge in [0, 0.05) is 43.2 Å². The van der Waals surface area contributed by atoms with Crippen LogP contribution >= 0.6 is 0 Å². The fourth-order valence-corrected chi connectivity index (χ4v) is 3.74. The maximum Gasteiger partial charge on any atom is 0.297 e. The normalized spacial score (nSPS) is 15.7. The monoisotopic (exact) mass is 465 g/mol. The number of fused-ring (bicyclic) bond motifs is 1. The maximum atomic E-state index is 13.0. The lowest BCUT2D eigenvalue weighted by atomic mass is 10.2. The van der Waals surface area contributed by atoms with Gasteiger partial charge in [-0.3, -0.25) is 9.78 Å². The average Bonchev–Trinajstić information content (AvgIpc) is 3.56. The number of aliphatic hydroxyl groups is 2. The summed E-state index contributed by atoms with van der Waals surface area (Å²) in [7, 11) is 0. The van der Waals surface area contributed by atoms with Gasteiger partial charge in [-0.2, -0.15) is 4.98 Å². The summed E-state index contributed by atoms with van der Waals surface area (Å²) in [6, 6.07) is 5.40. The Balaban J connectivity index is 1.45. The number of amides is 1. The zero-order chi connectivity index (χ0) is 23.7. The van der Waals surface area contributed by atoms with E-state index in [1.165, 1.54) is 6.26 Å². The molecule has 12 heteroatoms. The van der Waals surface area contributed by atoms with Gasteiger partial charge < -0.3 is 34.6 Å². The van der Waals surface area contributed by atoms with Gasteiger partial charge >= 0.3 is 0 Å². The summed E-state index contributed by atoms with van der Waals surface area (Å²) in [4.78, 5) is 32.2. The minimum atomic E-state index is -0.485. The van der Waals surface area contributed by atoms with Crippen LogP contribution in [0.1, 0.15) is 22.6 Å². The quantitative estimate of drug-likeness (QED) is 0.315. The van der Waals surface area contributed by atoms with Gasteiger partial charge in [0.2, 0.25) is 11.5 Å². The summed E-state index contributed by atoms with van der Waals surface area (Å²) >= 11 is 0. The van der Waals surface area contributed by atoms with E-state index in [-0.39, 0.29) is 24.9 Å². The molecule has 0 bridgehead atoms. The van der Waals surface area contributed by atoms with E-state index >= 15 is 0 Å². The van der Waals surface area contributed by atoms with Crippen molar-refractivity contribution >= 4 is 34.7 Å². The second-order valence-electron chi connectivity index (χ2n) is 7.92. The van der Waals surface area contributed by atoms with Crippen LogP contribution in [0.3, 0.4) is 0 Å². The predicted molar refractivity (Wildman–Crippen MR) is 123 cm³/mol. The van der Waals surface area contributed by atoms with E-state index in [1.54, 1.807) is 18.3 Å². The van der Waals surface area contributed by atoms with Crippen molar-refractivity contribution in [2.75, 3.05) is 41.8 Å². The number of β-amino-alcohol motifs (C(OH)–C–C–N with tert-alkyl or cyclic N) is 1. The number of aromatic nitrogens is 4. The molecule has 0 saturated carbocycles. The van der Waals surface area contributed by atoms with E-state index in [2.05, 4.69) is 30.6 Å². The van der Waals surface area contributed by atoms with E-state index in [0.29, 0.717) is 53.7 Å². The van der Waals surface area contributed by atoms with Crippen molar-refractivity contribution in [3.05, 3.63) is 42.0 Å². The van der Waals surface area contributed by atoms with Crippen molar-refractivity contribution in [2.45, 2.75) is 19.4 Å². The fraction of sp³-hybridized carbons (Fsp3) is 0.318. The van der Waals surface area contributed by atoms with Crippen molar-refractivity contribution in [3.8, 4) is 11.5 Å². The number of aryl methyl sites for hydroxylation is 1.